The maximum absolute atomic E-state index is 8.78. The van der Waals surface area contributed by atoms with E-state index in [-0.39, 0.29) is 0 Å². The highest BCUT2D eigenvalue weighted by Crippen LogP contribution is 2.27. The quantitative estimate of drug-likeness (QED) is 0.408. The molecule has 2 nitrogen and oxygen atoms in total. The Kier molecular flexibility index (Phi) is 1.91. The van der Waals surface area contributed by atoms with Crippen molar-refractivity contribution >= 4 is 8.32 Å². The minimum atomic E-state index is -1.56. The Morgan fingerprint density at radius 1 is 1.64 bits per heavy atom. The van der Waals surface area contributed by atoms with Crippen LogP contribution in [0.3, 0.4) is 0 Å². The Hall–Kier alpha value is -0.593. The molecule has 1 aliphatic heterocycles. The second kappa shape index (κ2) is 2.47. The second-order valence-corrected chi connectivity index (χ2v) is 7.82. The first-order valence-electron chi connectivity index (χ1n) is 3.77. The fourth-order valence-electron chi connectivity index (χ4n) is 1.28. The van der Waals surface area contributed by atoms with E-state index >= 15 is 0 Å². The van der Waals surface area contributed by atoms with Gasteiger partial charge in [-0.1, -0.05) is 6.08 Å². The number of rotatable bonds is 0. The van der Waals surface area contributed by atoms with Crippen LogP contribution in [0.4, 0.5) is 0 Å². The number of nitriles is 1. The van der Waals surface area contributed by atoms with Gasteiger partial charge in [0, 0.05) is 0 Å². The van der Waals surface area contributed by atoms with E-state index in [1.165, 1.54) is 0 Å². The van der Waals surface area contributed by atoms with Crippen molar-refractivity contribution in [3.63, 3.8) is 0 Å². The second-order valence-electron chi connectivity index (χ2n) is 3.69. The van der Waals surface area contributed by atoms with Crippen LogP contribution < -0.4 is 0 Å². The lowest BCUT2D eigenvalue weighted by atomic mass is 10.1. The standard InChI is InChI=1S/C8H13NOSi/c1-8(7-9)5-4-6-11(2,3)10-8/h4-5H,6H2,1-3H3. The fourth-order valence-corrected chi connectivity index (χ4v) is 3.31. The molecule has 0 saturated heterocycles. The summed E-state index contributed by atoms with van der Waals surface area (Å²) < 4.78 is 5.70. The van der Waals surface area contributed by atoms with E-state index < -0.39 is 13.9 Å². The maximum atomic E-state index is 8.78. The highest BCUT2D eigenvalue weighted by atomic mass is 28.4. The molecule has 0 amide bonds. The number of nitrogens with zero attached hydrogens (tertiary/aromatic N) is 1. The van der Waals surface area contributed by atoms with Crippen LogP contribution in [-0.4, -0.2) is 13.9 Å². The first kappa shape index (κ1) is 8.50. The lowest BCUT2D eigenvalue weighted by Gasteiger charge is -2.33. The van der Waals surface area contributed by atoms with E-state index in [4.69, 9.17) is 9.69 Å². The summed E-state index contributed by atoms with van der Waals surface area (Å²) in [6.45, 7) is 6.08. The average Bonchev–Trinajstić information content (AvgIpc) is 1.85. The minimum Gasteiger partial charge on any atom is -0.397 e. The number of hydrogen-bond donors (Lipinski definition) is 0. The average molecular weight is 167 g/mol. The Morgan fingerprint density at radius 2 is 2.27 bits per heavy atom. The fraction of sp³-hybridized carbons (Fsp3) is 0.625. The van der Waals surface area contributed by atoms with Crippen LogP contribution in [0.1, 0.15) is 6.92 Å². The molecule has 0 fully saturated rings. The molecule has 0 N–H and O–H groups in total. The molecule has 1 atom stereocenters. The summed E-state index contributed by atoms with van der Waals surface area (Å²) in [5, 5.41) is 8.78. The maximum Gasteiger partial charge on any atom is 0.193 e. The normalized spacial score (nSPS) is 34.7. The van der Waals surface area contributed by atoms with E-state index in [2.05, 4.69) is 25.2 Å². The van der Waals surface area contributed by atoms with Crippen molar-refractivity contribution in [1.29, 1.82) is 5.26 Å². The first-order valence-corrected chi connectivity index (χ1v) is 6.88. The molecular formula is C8H13NOSi. The predicted octanol–water partition coefficient (Wildman–Crippen LogP) is 2.06. The van der Waals surface area contributed by atoms with Crippen LogP contribution in [0.15, 0.2) is 12.2 Å². The minimum absolute atomic E-state index is 0.659. The first-order chi connectivity index (χ1) is 4.97. The zero-order valence-corrected chi connectivity index (χ0v) is 8.22. The van der Waals surface area contributed by atoms with Crippen LogP contribution in [0, 0.1) is 11.3 Å². The summed E-state index contributed by atoms with van der Waals surface area (Å²) in [5.41, 5.74) is -0.659. The molecule has 0 aromatic carbocycles. The third kappa shape index (κ3) is 1.92. The molecule has 0 spiro atoms. The molecule has 0 radical (unpaired) electrons. The van der Waals surface area contributed by atoms with Gasteiger partial charge in [-0.05, 0) is 32.1 Å². The van der Waals surface area contributed by atoms with E-state index in [0.717, 1.165) is 6.04 Å². The van der Waals surface area contributed by atoms with Gasteiger partial charge < -0.3 is 4.43 Å². The highest BCUT2D eigenvalue weighted by molar-refractivity contribution is 6.71. The topological polar surface area (TPSA) is 33.0 Å². The van der Waals surface area contributed by atoms with E-state index in [9.17, 15) is 0 Å². The lowest BCUT2D eigenvalue weighted by molar-refractivity contribution is 0.185. The third-order valence-corrected chi connectivity index (χ3v) is 3.95. The van der Waals surface area contributed by atoms with Crippen LogP contribution in [0.25, 0.3) is 0 Å². The molecule has 1 rings (SSSR count). The highest BCUT2D eigenvalue weighted by Gasteiger charge is 2.35. The Morgan fingerprint density at radius 3 is 2.64 bits per heavy atom. The molecule has 1 aliphatic rings. The molecular weight excluding hydrogens is 154 g/mol. The summed E-state index contributed by atoms with van der Waals surface area (Å²) in [4.78, 5) is 0. The van der Waals surface area contributed by atoms with Gasteiger partial charge >= 0.3 is 0 Å². The van der Waals surface area contributed by atoms with Crippen molar-refractivity contribution in [2.24, 2.45) is 0 Å². The molecule has 3 heteroatoms. The third-order valence-electron chi connectivity index (χ3n) is 1.76. The number of allylic oxidation sites excluding steroid dienone is 1. The van der Waals surface area contributed by atoms with Crippen molar-refractivity contribution in [1.82, 2.24) is 0 Å². The molecule has 11 heavy (non-hydrogen) atoms. The van der Waals surface area contributed by atoms with Crippen molar-refractivity contribution in [2.45, 2.75) is 31.7 Å². The van der Waals surface area contributed by atoms with Crippen LogP contribution in [0.5, 0.6) is 0 Å². The molecule has 1 unspecified atom stereocenters. The van der Waals surface area contributed by atoms with E-state index in [0.29, 0.717) is 0 Å². The molecule has 1 heterocycles. The smallest absolute Gasteiger partial charge is 0.193 e. The van der Waals surface area contributed by atoms with Crippen LogP contribution >= 0.6 is 0 Å². The Bertz CT molecular complexity index is 229. The van der Waals surface area contributed by atoms with E-state index in [1.807, 2.05) is 13.0 Å². The van der Waals surface area contributed by atoms with Gasteiger partial charge in [0.05, 0.1) is 0 Å². The Labute approximate surface area is 68.6 Å². The van der Waals surface area contributed by atoms with Gasteiger partial charge in [0.25, 0.3) is 0 Å². The van der Waals surface area contributed by atoms with Gasteiger partial charge in [-0.3, -0.25) is 0 Å². The molecule has 0 aromatic rings. The van der Waals surface area contributed by atoms with Crippen molar-refractivity contribution < 1.29 is 4.43 Å². The molecule has 0 aliphatic carbocycles. The molecule has 0 bridgehead atoms. The van der Waals surface area contributed by atoms with Crippen molar-refractivity contribution in [3.05, 3.63) is 12.2 Å². The predicted molar refractivity (Wildman–Crippen MR) is 46.5 cm³/mol. The summed E-state index contributed by atoms with van der Waals surface area (Å²) in [5.74, 6) is 0. The lowest BCUT2D eigenvalue weighted by Crippen LogP contribution is -2.42. The van der Waals surface area contributed by atoms with Crippen molar-refractivity contribution in [3.8, 4) is 6.07 Å². The van der Waals surface area contributed by atoms with Crippen LogP contribution in [-0.2, 0) is 4.43 Å². The summed E-state index contributed by atoms with van der Waals surface area (Å²) >= 11 is 0. The van der Waals surface area contributed by atoms with Gasteiger partial charge in [-0.15, -0.1) is 0 Å². The SMILES string of the molecule is CC1(C#N)C=CC[Si](C)(C)O1. The van der Waals surface area contributed by atoms with Gasteiger partial charge in [-0.2, -0.15) is 5.26 Å². The zero-order valence-electron chi connectivity index (χ0n) is 7.22. The number of hydrogen-bond acceptors (Lipinski definition) is 2. The summed E-state index contributed by atoms with van der Waals surface area (Å²) in [7, 11) is -1.56. The largest absolute Gasteiger partial charge is 0.397 e. The monoisotopic (exact) mass is 167 g/mol. The zero-order chi connectivity index (χ0) is 8.54. The van der Waals surface area contributed by atoms with E-state index in [1.54, 1.807) is 0 Å². The van der Waals surface area contributed by atoms with Gasteiger partial charge in [0.1, 0.15) is 6.07 Å². The van der Waals surface area contributed by atoms with Crippen molar-refractivity contribution in [2.75, 3.05) is 0 Å². The van der Waals surface area contributed by atoms with Gasteiger partial charge in [-0.25, -0.2) is 0 Å². The van der Waals surface area contributed by atoms with Gasteiger partial charge in [0.2, 0.25) is 0 Å². The van der Waals surface area contributed by atoms with Crippen LogP contribution in [0.2, 0.25) is 19.1 Å². The Balaban J connectivity index is 2.85. The summed E-state index contributed by atoms with van der Waals surface area (Å²) in [6.07, 6.45) is 3.92. The molecule has 60 valence electrons. The summed E-state index contributed by atoms with van der Waals surface area (Å²) in [6, 6.07) is 3.18. The van der Waals surface area contributed by atoms with Gasteiger partial charge in [0.15, 0.2) is 13.9 Å². The molecule has 0 aromatic heterocycles. The molecule has 0 saturated carbocycles.